The van der Waals surface area contributed by atoms with Crippen molar-refractivity contribution < 1.29 is 9.84 Å². The van der Waals surface area contributed by atoms with Gasteiger partial charge in [-0.05, 0) is 31.0 Å². The summed E-state index contributed by atoms with van der Waals surface area (Å²) >= 11 is 0. The molecule has 0 saturated heterocycles. The van der Waals surface area contributed by atoms with Gasteiger partial charge in [0, 0.05) is 19.3 Å². The number of benzene rings is 1. The van der Waals surface area contributed by atoms with Crippen LogP contribution in [-0.2, 0) is 11.3 Å². The molecule has 104 valence electrons. The molecule has 0 bridgehead atoms. The van der Waals surface area contributed by atoms with Crippen molar-refractivity contribution in [2.45, 2.75) is 26.5 Å². The average molecular weight is 263 g/mol. The molecule has 0 saturated carbocycles. The van der Waals surface area contributed by atoms with Gasteiger partial charge in [0.2, 0.25) is 0 Å². The van der Waals surface area contributed by atoms with Crippen LogP contribution in [-0.4, -0.2) is 28.4 Å². The summed E-state index contributed by atoms with van der Waals surface area (Å²) in [5.41, 5.74) is 8.27. The largest absolute Gasteiger partial charge is 0.399 e. The minimum absolute atomic E-state index is 0.345. The van der Waals surface area contributed by atoms with E-state index in [0.717, 1.165) is 17.6 Å². The fourth-order valence-corrected chi connectivity index (χ4v) is 2.33. The van der Waals surface area contributed by atoms with Crippen LogP contribution in [0.15, 0.2) is 18.2 Å². The number of imidazole rings is 1. The van der Waals surface area contributed by atoms with Crippen LogP contribution in [0, 0.1) is 5.92 Å². The quantitative estimate of drug-likeness (QED) is 0.809. The molecular weight excluding hydrogens is 242 g/mol. The van der Waals surface area contributed by atoms with Crippen molar-refractivity contribution in [3.8, 4) is 0 Å². The molecule has 2 atom stereocenters. The number of aliphatic hydroxyl groups is 1. The van der Waals surface area contributed by atoms with Gasteiger partial charge in [-0.1, -0.05) is 6.92 Å². The number of rotatable bonds is 5. The lowest BCUT2D eigenvalue weighted by molar-refractivity contribution is 0.146. The van der Waals surface area contributed by atoms with Crippen molar-refractivity contribution in [2.24, 2.45) is 5.92 Å². The minimum Gasteiger partial charge on any atom is -0.399 e. The van der Waals surface area contributed by atoms with E-state index < -0.39 is 6.10 Å². The minimum atomic E-state index is -0.608. The molecule has 0 spiro atoms. The van der Waals surface area contributed by atoms with Gasteiger partial charge >= 0.3 is 0 Å². The predicted octanol–water partition coefficient (Wildman–Crippen LogP) is 1.95. The highest BCUT2D eigenvalue weighted by Gasteiger charge is 2.16. The van der Waals surface area contributed by atoms with Gasteiger partial charge in [-0.15, -0.1) is 0 Å². The second kappa shape index (κ2) is 5.59. The summed E-state index contributed by atoms with van der Waals surface area (Å²) in [6, 6.07) is 5.63. The maximum absolute atomic E-state index is 9.87. The Balaban J connectivity index is 2.46. The lowest BCUT2D eigenvalue weighted by atomic mass is 10.2. The third kappa shape index (κ3) is 2.88. The van der Waals surface area contributed by atoms with Gasteiger partial charge in [-0.3, -0.25) is 0 Å². The monoisotopic (exact) mass is 263 g/mol. The highest BCUT2D eigenvalue weighted by atomic mass is 16.5. The lowest BCUT2D eigenvalue weighted by Crippen LogP contribution is -2.15. The van der Waals surface area contributed by atoms with Gasteiger partial charge in [0.1, 0.15) is 11.9 Å². The van der Waals surface area contributed by atoms with E-state index in [1.54, 1.807) is 14.0 Å². The molecule has 19 heavy (non-hydrogen) atoms. The summed E-state index contributed by atoms with van der Waals surface area (Å²) in [4.78, 5) is 4.48. The van der Waals surface area contributed by atoms with Gasteiger partial charge in [0.15, 0.2) is 0 Å². The zero-order valence-corrected chi connectivity index (χ0v) is 11.6. The summed E-state index contributed by atoms with van der Waals surface area (Å²) in [7, 11) is 1.69. The number of aliphatic hydroxyl groups excluding tert-OH is 1. The molecule has 0 amide bonds. The third-order valence-corrected chi connectivity index (χ3v) is 3.12. The van der Waals surface area contributed by atoms with Crippen molar-refractivity contribution in [3.63, 3.8) is 0 Å². The van der Waals surface area contributed by atoms with Crippen molar-refractivity contribution in [3.05, 3.63) is 24.0 Å². The Labute approximate surface area is 113 Å². The fraction of sp³-hybridized carbons (Fsp3) is 0.500. The van der Waals surface area contributed by atoms with Crippen molar-refractivity contribution >= 4 is 16.7 Å². The van der Waals surface area contributed by atoms with Gasteiger partial charge < -0.3 is 20.1 Å². The first-order valence-electron chi connectivity index (χ1n) is 6.45. The van der Waals surface area contributed by atoms with E-state index in [1.807, 2.05) is 22.8 Å². The molecule has 0 radical (unpaired) electrons. The molecule has 1 aromatic carbocycles. The first-order chi connectivity index (χ1) is 9.02. The normalized spacial score (nSPS) is 14.7. The number of nitrogen functional groups attached to an aromatic ring is 1. The van der Waals surface area contributed by atoms with E-state index >= 15 is 0 Å². The third-order valence-electron chi connectivity index (χ3n) is 3.12. The molecular formula is C14H21N3O2. The van der Waals surface area contributed by atoms with Gasteiger partial charge in [-0.2, -0.15) is 0 Å². The summed E-state index contributed by atoms with van der Waals surface area (Å²) in [6.07, 6.45) is -0.608. The number of fused-ring (bicyclic) bond motifs is 1. The van der Waals surface area contributed by atoms with Crippen LogP contribution in [0.4, 0.5) is 5.69 Å². The standard InChI is InChI=1S/C14H21N3O2/c1-9(8-19-3)7-17-13-5-4-11(15)6-12(13)16-14(17)10(2)18/h4-6,9-10,18H,7-8,15H2,1-3H3. The topological polar surface area (TPSA) is 73.3 Å². The Bertz CT molecular complexity index is 563. The summed E-state index contributed by atoms with van der Waals surface area (Å²) in [6.45, 7) is 5.27. The molecule has 0 fully saturated rings. The van der Waals surface area contributed by atoms with Crippen molar-refractivity contribution in [2.75, 3.05) is 19.5 Å². The molecule has 2 rings (SSSR count). The van der Waals surface area contributed by atoms with E-state index in [0.29, 0.717) is 24.0 Å². The summed E-state index contributed by atoms with van der Waals surface area (Å²) < 4.78 is 7.21. The molecule has 0 aliphatic rings. The second-order valence-electron chi connectivity index (χ2n) is 5.07. The van der Waals surface area contributed by atoms with E-state index in [2.05, 4.69) is 11.9 Å². The van der Waals surface area contributed by atoms with Crippen LogP contribution in [0.2, 0.25) is 0 Å². The lowest BCUT2D eigenvalue weighted by Gasteiger charge is -2.15. The second-order valence-corrected chi connectivity index (χ2v) is 5.07. The van der Waals surface area contributed by atoms with Gasteiger partial charge in [0.25, 0.3) is 0 Å². The number of nitrogens with zero attached hydrogens (tertiary/aromatic N) is 2. The number of hydrogen-bond acceptors (Lipinski definition) is 4. The van der Waals surface area contributed by atoms with Crippen LogP contribution in [0.25, 0.3) is 11.0 Å². The van der Waals surface area contributed by atoms with Crippen LogP contribution >= 0.6 is 0 Å². The van der Waals surface area contributed by atoms with E-state index in [1.165, 1.54) is 0 Å². The van der Waals surface area contributed by atoms with Gasteiger partial charge in [0.05, 0.1) is 17.6 Å². The number of aromatic nitrogens is 2. The van der Waals surface area contributed by atoms with E-state index in [-0.39, 0.29) is 0 Å². The predicted molar refractivity (Wildman–Crippen MR) is 75.8 cm³/mol. The Morgan fingerprint density at radius 1 is 1.42 bits per heavy atom. The van der Waals surface area contributed by atoms with Crippen molar-refractivity contribution in [1.82, 2.24) is 9.55 Å². The summed E-state index contributed by atoms with van der Waals surface area (Å²) in [5, 5.41) is 9.87. The molecule has 0 aliphatic heterocycles. The van der Waals surface area contributed by atoms with Crippen LogP contribution < -0.4 is 5.73 Å². The molecule has 1 heterocycles. The van der Waals surface area contributed by atoms with Crippen molar-refractivity contribution in [1.29, 1.82) is 0 Å². The SMILES string of the molecule is COCC(C)Cn1c(C(C)O)nc2cc(N)ccc21. The highest BCUT2D eigenvalue weighted by Crippen LogP contribution is 2.23. The Morgan fingerprint density at radius 3 is 2.79 bits per heavy atom. The smallest absolute Gasteiger partial charge is 0.138 e. The first kappa shape index (κ1) is 13.8. The molecule has 2 unspecified atom stereocenters. The van der Waals surface area contributed by atoms with E-state index in [4.69, 9.17) is 10.5 Å². The first-order valence-corrected chi connectivity index (χ1v) is 6.45. The fourth-order valence-electron chi connectivity index (χ4n) is 2.33. The maximum Gasteiger partial charge on any atom is 0.138 e. The van der Waals surface area contributed by atoms with Crippen LogP contribution in [0.5, 0.6) is 0 Å². The van der Waals surface area contributed by atoms with E-state index in [9.17, 15) is 5.11 Å². The number of nitrogens with two attached hydrogens (primary N) is 1. The Kier molecular flexibility index (Phi) is 4.07. The van der Waals surface area contributed by atoms with Crippen LogP contribution in [0.3, 0.4) is 0 Å². The zero-order chi connectivity index (χ0) is 14.0. The highest BCUT2D eigenvalue weighted by molar-refractivity contribution is 5.79. The average Bonchev–Trinajstić information content (AvgIpc) is 2.67. The summed E-state index contributed by atoms with van der Waals surface area (Å²) in [5.74, 6) is 1.01. The maximum atomic E-state index is 9.87. The van der Waals surface area contributed by atoms with Crippen LogP contribution in [0.1, 0.15) is 25.8 Å². The molecule has 0 aliphatic carbocycles. The van der Waals surface area contributed by atoms with Gasteiger partial charge in [-0.25, -0.2) is 4.98 Å². The molecule has 2 aromatic rings. The number of anilines is 1. The molecule has 3 N–H and O–H groups in total. The zero-order valence-electron chi connectivity index (χ0n) is 11.6. The Hall–Kier alpha value is -1.59. The molecule has 1 aromatic heterocycles. The Morgan fingerprint density at radius 2 is 2.16 bits per heavy atom. The number of hydrogen-bond donors (Lipinski definition) is 2. The number of ether oxygens (including phenoxy) is 1. The molecule has 5 heteroatoms. The molecule has 5 nitrogen and oxygen atoms in total. The number of methoxy groups -OCH3 is 1.